The summed E-state index contributed by atoms with van der Waals surface area (Å²) < 4.78 is 0. The predicted molar refractivity (Wildman–Crippen MR) is 82.0 cm³/mol. The maximum Gasteiger partial charge on any atom is 0.258 e. The normalized spacial score (nSPS) is 10.5. The number of carbonyl (C=O) groups is 1. The summed E-state index contributed by atoms with van der Waals surface area (Å²) in [5.41, 5.74) is 9.52. The fourth-order valence-corrected chi connectivity index (χ4v) is 3.19. The minimum atomic E-state index is -0.118. The van der Waals surface area contributed by atoms with Crippen LogP contribution in [0.5, 0.6) is 0 Å². The molecule has 0 spiro atoms. The molecule has 2 aromatic rings. The summed E-state index contributed by atoms with van der Waals surface area (Å²) >= 11 is 1.48. The van der Waals surface area contributed by atoms with Gasteiger partial charge in [0.05, 0.1) is 10.6 Å². The van der Waals surface area contributed by atoms with Gasteiger partial charge in [-0.05, 0) is 37.5 Å². The van der Waals surface area contributed by atoms with E-state index in [1.54, 1.807) is 0 Å². The minimum absolute atomic E-state index is 0.118. The Morgan fingerprint density at radius 3 is 2.63 bits per heavy atom. The molecular weight excluding hydrogens is 256 g/mol. The fraction of sp³-hybridized carbons (Fsp3) is 0.267. The van der Waals surface area contributed by atoms with Gasteiger partial charge in [-0.2, -0.15) is 0 Å². The maximum absolute atomic E-state index is 12.4. The lowest BCUT2D eigenvalue weighted by Crippen LogP contribution is -2.15. The Bertz CT molecular complexity index is 617. The Morgan fingerprint density at radius 2 is 2.00 bits per heavy atom. The molecule has 0 fully saturated rings. The van der Waals surface area contributed by atoms with Gasteiger partial charge in [-0.3, -0.25) is 4.79 Å². The second kappa shape index (κ2) is 5.45. The number of para-hydroxylation sites is 1. The molecule has 0 aliphatic heterocycles. The van der Waals surface area contributed by atoms with Crippen molar-refractivity contribution in [2.45, 2.75) is 27.2 Å². The molecule has 0 aliphatic rings. The zero-order chi connectivity index (χ0) is 14.0. The van der Waals surface area contributed by atoms with Crippen molar-refractivity contribution >= 4 is 27.9 Å². The van der Waals surface area contributed by atoms with E-state index in [1.165, 1.54) is 11.3 Å². The van der Waals surface area contributed by atoms with Gasteiger partial charge < -0.3 is 11.1 Å². The average Bonchev–Trinajstić information content (AvgIpc) is 2.66. The number of amides is 1. The summed E-state index contributed by atoms with van der Waals surface area (Å²) in [4.78, 5) is 13.5. The van der Waals surface area contributed by atoms with Crippen molar-refractivity contribution in [2.75, 3.05) is 11.1 Å². The second-order valence-electron chi connectivity index (χ2n) is 4.50. The summed E-state index contributed by atoms with van der Waals surface area (Å²) in [7, 11) is 0. The van der Waals surface area contributed by atoms with E-state index in [-0.39, 0.29) is 5.91 Å². The van der Waals surface area contributed by atoms with E-state index in [9.17, 15) is 4.79 Å². The molecular formula is C15H18N2OS. The first-order valence-electron chi connectivity index (χ1n) is 6.29. The molecule has 0 bridgehead atoms. The summed E-state index contributed by atoms with van der Waals surface area (Å²) in [5, 5.41) is 3.54. The molecule has 0 saturated heterocycles. The molecule has 1 heterocycles. The Balaban J connectivity index is 2.33. The first kappa shape index (κ1) is 13.6. The predicted octanol–water partition coefficient (Wildman–Crippen LogP) is 3.76. The molecule has 0 atom stereocenters. The topological polar surface area (TPSA) is 55.1 Å². The van der Waals surface area contributed by atoms with Gasteiger partial charge in [-0.15, -0.1) is 11.3 Å². The average molecular weight is 274 g/mol. The molecule has 4 heteroatoms. The van der Waals surface area contributed by atoms with Crippen molar-refractivity contribution in [3.8, 4) is 0 Å². The monoisotopic (exact) mass is 274 g/mol. The van der Waals surface area contributed by atoms with E-state index in [1.807, 2.05) is 45.0 Å². The zero-order valence-electron chi connectivity index (χ0n) is 11.4. The molecule has 0 aliphatic carbocycles. The number of thiophene rings is 1. The largest absolute Gasteiger partial charge is 0.390 e. The molecule has 19 heavy (non-hydrogen) atoms. The highest BCUT2D eigenvalue weighted by Gasteiger charge is 2.19. The van der Waals surface area contributed by atoms with Crippen LogP contribution in [0.3, 0.4) is 0 Å². The Kier molecular flexibility index (Phi) is 3.90. The van der Waals surface area contributed by atoms with Gasteiger partial charge in [0.15, 0.2) is 0 Å². The van der Waals surface area contributed by atoms with E-state index < -0.39 is 0 Å². The van der Waals surface area contributed by atoms with Crippen LogP contribution in [0.4, 0.5) is 10.7 Å². The van der Waals surface area contributed by atoms with Gasteiger partial charge >= 0.3 is 0 Å². The van der Waals surface area contributed by atoms with Crippen molar-refractivity contribution in [1.29, 1.82) is 0 Å². The fourth-order valence-electron chi connectivity index (χ4n) is 2.17. The minimum Gasteiger partial charge on any atom is -0.390 e. The third-order valence-electron chi connectivity index (χ3n) is 3.21. The first-order chi connectivity index (χ1) is 9.04. The second-order valence-corrected chi connectivity index (χ2v) is 5.75. The van der Waals surface area contributed by atoms with Crippen molar-refractivity contribution in [3.05, 3.63) is 45.8 Å². The van der Waals surface area contributed by atoms with Crippen molar-refractivity contribution in [3.63, 3.8) is 0 Å². The summed E-state index contributed by atoms with van der Waals surface area (Å²) in [5.74, 6) is -0.118. The number of hydrogen-bond acceptors (Lipinski definition) is 3. The Morgan fingerprint density at radius 1 is 1.32 bits per heavy atom. The number of nitrogen functional groups attached to an aromatic ring is 1. The van der Waals surface area contributed by atoms with Crippen molar-refractivity contribution in [2.24, 2.45) is 0 Å². The van der Waals surface area contributed by atoms with Crippen LogP contribution in [0.2, 0.25) is 0 Å². The molecule has 0 saturated carbocycles. The quantitative estimate of drug-likeness (QED) is 0.895. The summed E-state index contributed by atoms with van der Waals surface area (Å²) in [6.45, 7) is 6.02. The van der Waals surface area contributed by atoms with Crippen molar-refractivity contribution in [1.82, 2.24) is 0 Å². The van der Waals surface area contributed by atoms with E-state index in [0.717, 1.165) is 28.1 Å². The molecule has 0 unspecified atom stereocenters. The molecule has 1 aromatic heterocycles. The van der Waals surface area contributed by atoms with Crippen LogP contribution in [-0.4, -0.2) is 5.91 Å². The number of rotatable bonds is 3. The Hall–Kier alpha value is -1.81. The summed E-state index contributed by atoms with van der Waals surface area (Å²) in [6.07, 6.45) is 0.816. The van der Waals surface area contributed by atoms with Crippen LogP contribution in [0.1, 0.15) is 33.3 Å². The smallest absolute Gasteiger partial charge is 0.258 e. The third-order valence-corrected chi connectivity index (χ3v) is 4.19. The van der Waals surface area contributed by atoms with Gasteiger partial charge in [0.25, 0.3) is 5.91 Å². The molecule has 100 valence electrons. The number of nitrogens with one attached hydrogen (secondary N) is 1. The lowest BCUT2D eigenvalue weighted by molar-refractivity contribution is 0.102. The Labute approximate surface area is 117 Å². The van der Waals surface area contributed by atoms with E-state index in [2.05, 4.69) is 5.32 Å². The summed E-state index contributed by atoms with van der Waals surface area (Å²) in [6, 6.07) is 7.73. The number of nitrogens with two attached hydrogens (primary N) is 1. The highest BCUT2D eigenvalue weighted by atomic mass is 32.1. The molecule has 0 radical (unpaired) electrons. The van der Waals surface area contributed by atoms with Crippen LogP contribution in [-0.2, 0) is 6.42 Å². The van der Waals surface area contributed by atoms with E-state index in [4.69, 9.17) is 5.73 Å². The molecule has 1 amide bonds. The SMILES string of the molecule is CCc1c(C)sc(N)c1C(=O)Nc1ccccc1C. The van der Waals surface area contributed by atoms with Crippen LogP contribution in [0.15, 0.2) is 24.3 Å². The maximum atomic E-state index is 12.4. The van der Waals surface area contributed by atoms with Crippen LogP contribution < -0.4 is 11.1 Å². The van der Waals surface area contributed by atoms with Gasteiger partial charge in [0.1, 0.15) is 0 Å². The number of carbonyl (C=O) groups excluding carboxylic acids is 1. The van der Waals surface area contributed by atoms with Crippen molar-refractivity contribution < 1.29 is 4.79 Å². The van der Waals surface area contributed by atoms with Gasteiger partial charge in [-0.1, -0.05) is 25.1 Å². The zero-order valence-corrected chi connectivity index (χ0v) is 12.2. The highest BCUT2D eigenvalue weighted by Crippen LogP contribution is 2.31. The molecule has 2 rings (SSSR count). The van der Waals surface area contributed by atoms with Gasteiger partial charge in [0.2, 0.25) is 0 Å². The van der Waals surface area contributed by atoms with Gasteiger partial charge in [0, 0.05) is 10.6 Å². The van der Waals surface area contributed by atoms with E-state index in [0.29, 0.717) is 10.6 Å². The number of benzene rings is 1. The number of hydrogen-bond donors (Lipinski definition) is 2. The highest BCUT2D eigenvalue weighted by molar-refractivity contribution is 7.16. The van der Waals surface area contributed by atoms with Crippen LogP contribution >= 0.6 is 11.3 Å². The van der Waals surface area contributed by atoms with E-state index >= 15 is 0 Å². The number of anilines is 2. The lowest BCUT2D eigenvalue weighted by atomic mass is 10.1. The van der Waals surface area contributed by atoms with Gasteiger partial charge in [-0.25, -0.2) is 0 Å². The van der Waals surface area contributed by atoms with Crippen LogP contribution in [0, 0.1) is 13.8 Å². The van der Waals surface area contributed by atoms with Crippen LogP contribution in [0.25, 0.3) is 0 Å². The first-order valence-corrected chi connectivity index (χ1v) is 7.11. The standard InChI is InChI=1S/C15H18N2OS/c1-4-11-10(3)19-14(16)13(11)15(18)17-12-8-6-5-7-9(12)2/h5-8H,4,16H2,1-3H3,(H,17,18). The molecule has 3 N–H and O–H groups in total. The third kappa shape index (κ3) is 2.63. The lowest BCUT2D eigenvalue weighted by Gasteiger charge is -2.09. The molecule has 1 aromatic carbocycles. The number of aryl methyl sites for hydroxylation is 2. The molecule has 3 nitrogen and oxygen atoms in total.